The molecule has 24 heteroatoms. The van der Waals surface area contributed by atoms with Crippen molar-refractivity contribution in [3.8, 4) is 91.5 Å². The number of nitrogens with one attached hydrogen (secondary N) is 10. The van der Waals surface area contributed by atoms with E-state index in [0.29, 0.717) is 192 Å². The first kappa shape index (κ1) is 69.4. The largest absolute Gasteiger partial charge is 0.489 e. The summed E-state index contributed by atoms with van der Waals surface area (Å²) in [5.41, 5.74) is 5.20. The van der Waals surface area contributed by atoms with Gasteiger partial charge in [-0.1, -0.05) is 0 Å². The molecule has 8 saturated heterocycles. The van der Waals surface area contributed by atoms with Gasteiger partial charge in [-0.15, -0.1) is 0 Å². The van der Waals surface area contributed by atoms with Crippen molar-refractivity contribution in [2.24, 2.45) is 47.3 Å². The second-order valence-electron chi connectivity index (χ2n) is 31.0. The lowest BCUT2D eigenvalue weighted by Gasteiger charge is -2.25. The van der Waals surface area contributed by atoms with Crippen molar-refractivity contribution in [2.75, 3.05) is 158 Å². The van der Waals surface area contributed by atoms with Gasteiger partial charge in [-0.25, -0.2) is 29.9 Å². The van der Waals surface area contributed by atoms with Gasteiger partial charge >= 0.3 is 0 Å². The lowest BCUT2D eigenvalue weighted by atomic mass is 9.99. The molecule has 0 atom stereocenters. The highest BCUT2D eigenvalue weighted by Gasteiger charge is 2.32. The van der Waals surface area contributed by atoms with Gasteiger partial charge < -0.3 is 90.4 Å². The SMILES string of the molecule is c1c(OCC2CCNCC2)c(OCC2CCNCC2)cc2c1-c1nc-2nc2[nH]c(nc3nc(nc4[nH]c(n1)c1cc(OCC5CCNCC5)c(OCC5CCNCC5)cc41)-c1cc(OCC4CCNCC4)c(OCC4CCNCC4)cc1-3)c1cc(OCC3CCNCC3)c(OCC3CCNCC3)cc21. The number of aromatic nitrogens is 8. The monoisotopic (exact) mass is 1420 g/mol. The van der Waals surface area contributed by atoms with Crippen LogP contribution in [-0.4, -0.2) is 197 Å². The summed E-state index contributed by atoms with van der Waals surface area (Å²) >= 11 is 0. The number of rotatable bonds is 24. The molecule has 7 aromatic rings. The third-order valence-corrected chi connectivity index (χ3v) is 23.6. The zero-order valence-corrected chi connectivity index (χ0v) is 60.5. The smallest absolute Gasteiger partial charge is 0.164 e. The van der Waals surface area contributed by atoms with Crippen LogP contribution in [0.15, 0.2) is 48.5 Å². The van der Waals surface area contributed by atoms with Crippen molar-refractivity contribution < 1.29 is 37.9 Å². The van der Waals surface area contributed by atoms with Crippen molar-refractivity contribution in [1.82, 2.24) is 82.4 Å². The van der Waals surface area contributed by atoms with Crippen LogP contribution in [0.1, 0.15) is 103 Å². The lowest BCUT2D eigenvalue weighted by Crippen LogP contribution is -2.31. The minimum absolute atomic E-state index is 0.388. The lowest BCUT2D eigenvalue weighted by molar-refractivity contribution is 0.185. The zero-order chi connectivity index (χ0) is 69.4. The third kappa shape index (κ3) is 16.3. The van der Waals surface area contributed by atoms with E-state index in [2.05, 4.69) is 101 Å². The predicted octanol–water partition coefficient (Wildman–Crippen LogP) is 9.90. The summed E-state index contributed by atoms with van der Waals surface area (Å²) < 4.78 is 56.1. The Labute approximate surface area is 609 Å². The molecule has 554 valence electrons. The van der Waals surface area contributed by atoms with Gasteiger partial charge in [0.2, 0.25) is 0 Å². The minimum atomic E-state index is 0.388. The molecule has 10 aliphatic rings. The summed E-state index contributed by atoms with van der Waals surface area (Å²) in [6.07, 6.45) is 16.5. The van der Waals surface area contributed by atoms with Gasteiger partial charge in [0.1, 0.15) is 22.6 Å². The Morgan fingerprint density at radius 3 is 0.529 bits per heavy atom. The quantitative estimate of drug-likeness (QED) is 0.0269. The topological polar surface area (TPSA) is 279 Å². The molecule has 24 nitrogen and oxygen atoms in total. The molecular weight excluding hydrogens is 1310 g/mol. The molecule has 10 N–H and O–H groups in total. The first-order chi connectivity index (χ1) is 51.5. The number of fused-ring (bicyclic) bond motifs is 20. The van der Waals surface area contributed by atoms with E-state index in [1.54, 1.807) is 0 Å². The molecule has 0 spiro atoms. The summed E-state index contributed by atoms with van der Waals surface area (Å²) in [6.45, 7) is 19.9. The predicted molar refractivity (Wildman–Crippen MR) is 405 cm³/mol. The molecular formula is C80H106N16O8. The first-order valence-corrected chi connectivity index (χ1v) is 39.7. The highest BCUT2D eigenvalue weighted by atomic mass is 16.5. The molecule has 13 heterocycles. The Balaban J connectivity index is 0.901. The molecule has 0 saturated carbocycles. The van der Waals surface area contributed by atoms with E-state index in [4.69, 9.17) is 67.8 Å². The van der Waals surface area contributed by atoms with Crippen molar-refractivity contribution in [1.29, 1.82) is 0 Å². The Hall–Kier alpha value is -7.68. The highest BCUT2D eigenvalue weighted by molar-refractivity contribution is 6.08. The summed E-state index contributed by atoms with van der Waals surface area (Å²) in [5.74, 6) is 10.2. The van der Waals surface area contributed by atoms with Crippen molar-refractivity contribution in [3.05, 3.63) is 48.5 Å². The second kappa shape index (κ2) is 33.0. The van der Waals surface area contributed by atoms with Crippen LogP contribution in [0.2, 0.25) is 0 Å². The molecule has 3 aromatic heterocycles. The standard InChI is InChI=1S/C80H106N16O8/c1-17-81-18-2-49(1)41-97-65-33-57-58(34-66(65)98-42-50-3-19-82-20-4-50)74-89-73(57)93-75-59-35-67(99-43-51-5-21-83-22-6-51)68(100-44-52-7-23-84-24-8-52)36-60(59)77(90-75)95-79-63-39-71(103-47-55-13-29-87-30-14-55)72(104-48-56-15-31-88-32-16-56)40-64(63)80(92-79)96-78-62-38-70(102-46-54-11-27-86-28-12-54)69(37-61(62)76(91-78)94-74)101-45-53-9-25-85-26-10-53/h33-40,49-56,81-88H,1-32,41-48H2,(H2,89,90,91,92,93,94,95,96). The molecule has 10 aliphatic heterocycles. The number of aromatic amines is 2. The number of benzene rings is 4. The molecule has 0 amide bonds. The van der Waals surface area contributed by atoms with Gasteiger partial charge in [-0.3, -0.25) is 0 Å². The van der Waals surface area contributed by atoms with E-state index in [-0.39, 0.29) is 0 Å². The van der Waals surface area contributed by atoms with Crippen LogP contribution < -0.4 is 80.4 Å². The summed E-state index contributed by atoms with van der Waals surface area (Å²) in [7, 11) is 0. The maximum Gasteiger partial charge on any atom is 0.164 e. The van der Waals surface area contributed by atoms with E-state index in [1.807, 2.05) is 0 Å². The van der Waals surface area contributed by atoms with Gasteiger partial charge in [0.25, 0.3) is 0 Å². The normalized spacial score (nSPS) is 20.3. The van der Waals surface area contributed by atoms with E-state index < -0.39 is 0 Å². The Morgan fingerprint density at radius 2 is 0.365 bits per heavy atom. The molecule has 17 rings (SSSR count). The van der Waals surface area contributed by atoms with Crippen LogP contribution in [-0.2, 0) is 0 Å². The molecule has 0 aliphatic carbocycles. The fourth-order valence-electron chi connectivity index (χ4n) is 16.8. The van der Waals surface area contributed by atoms with E-state index in [1.165, 1.54) is 0 Å². The Morgan fingerprint density at radius 1 is 0.212 bits per heavy atom. The number of hydrogen-bond donors (Lipinski definition) is 10. The number of hydrogen-bond acceptors (Lipinski definition) is 22. The average Bonchev–Trinajstić information content (AvgIpc) is 1.59. The van der Waals surface area contributed by atoms with Crippen LogP contribution in [0.3, 0.4) is 0 Å². The molecule has 0 radical (unpaired) electrons. The highest BCUT2D eigenvalue weighted by Crippen LogP contribution is 2.47. The maximum absolute atomic E-state index is 7.02. The van der Waals surface area contributed by atoms with Gasteiger partial charge in [0.05, 0.1) is 52.9 Å². The Bertz CT molecular complexity index is 3740. The van der Waals surface area contributed by atoms with Gasteiger partial charge in [-0.05, 0) is 303 Å². The average molecular weight is 1420 g/mol. The number of nitrogens with zero attached hydrogens (tertiary/aromatic N) is 6. The molecule has 4 aromatic carbocycles. The number of ether oxygens (including phenoxy) is 8. The third-order valence-electron chi connectivity index (χ3n) is 23.6. The van der Waals surface area contributed by atoms with Crippen molar-refractivity contribution >= 4 is 44.1 Å². The molecule has 0 unspecified atom stereocenters. The molecule has 8 bridgehead atoms. The summed E-state index contributed by atoms with van der Waals surface area (Å²) in [6, 6.07) is 16.8. The van der Waals surface area contributed by atoms with Crippen molar-refractivity contribution in [3.63, 3.8) is 0 Å². The number of piperidine rings is 8. The van der Waals surface area contributed by atoms with Crippen LogP contribution in [0.5, 0.6) is 46.0 Å². The summed E-state index contributed by atoms with van der Waals surface area (Å²) in [4.78, 5) is 41.5. The molecule has 104 heavy (non-hydrogen) atoms. The number of H-pyrrole nitrogens is 2. The zero-order valence-electron chi connectivity index (χ0n) is 60.5. The van der Waals surface area contributed by atoms with Crippen LogP contribution in [0.25, 0.3) is 89.7 Å². The fraction of sp³-hybridized carbons (Fsp3) is 0.600. The van der Waals surface area contributed by atoms with Crippen LogP contribution in [0.4, 0.5) is 0 Å². The van der Waals surface area contributed by atoms with E-state index in [0.717, 1.165) is 251 Å². The van der Waals surface area contributed by atoms with Gasteiger partial charge in [0, 0.05) is 43.8 Å². The van der Waals surface area contributed by atoms with Crippen molar-refractivity contribution in [2.45, 2.75) is 103 Å². The molecule has 8 fully saturated rings. The minimum Gasteiger partial charge on any atom is -0.489 e. The summed E-state index contributed by atoms with van der Waals surface area (Å²) in [5, 5.41) is 31.5. The maximum atomic E-state index is 7.02. The Kier molecular flexibility index (Phi) is 22.0. The van der Waals surface area contributed by atoms with E-state index >= 15 is 0 Å². The second-order valence-corrected chi connectivity index (χ2v) is 31.0. The van der Waals surface area contributed by atoms with Gasteiger partial charge in [0.15, 0.2) is 69.3 Å². The fourth-order valence-corrected chi connectivity index (χ4v) is 16.8. The van der Waals surface area contributed by atoms with Gasteiger partial charge in [-0.2, -0.15) is 0 Å². The first-order valence-electron chi connectivity index (χ1n) is 39.7. The van der Waals surface area contributed by atoms with Crippen LogP contribution in [0, 0.1) is 47.3 Å². The van der Waals surface area contributed by atoms with Crippen LogP contribution >= 0.6 is 0 Å². The van der Waals surface area contributed by atoms with E-state index in [9.17, 15) is 0 Å².